The van der Waals surface area contributed by atoms with Crippen molar-refractivity contribution in [2.45, 2.75) is 19.4 Å². The molecule has 152 valence electrons. The molecule has 6 heteroatoms. The molecule has 30 heavy (non-hydrogen) atoms. The SMILES string of the molecule is O=C(NCc1ccccc1)C1CCN(C(=O)c2ccc(-c3cncnc3)cc2)CC1. The molecule has 1 aliphatic heterocycles. The number of likely N-dealkylation sites (tertiary alicyclic amines) is 1. The zero-order valence-corrected chi connectivity index (χ0v) is 16.7. The second kappa shape index (κ2) is 9.31. The Morgan fingerprint density at radius 1 is 0.900 bits per heavy atom. The first-order valence-electron chi connectivity index (χ1n) is 10.2. The summed E-state index contributed by atoms with van der Waals surface area (Å²) >= 11 is 0. The van der Waals surface area contributed by atoms with E-state index in [2.05, 4.69) is 15.3 Å². The minimum atomic E-state index is -0.0433. The van der Waals surface area contributed by atoms with E-state index in [4.69, 9.17) is 0 Å². The maximum atomic E-state index is 12.8. The summed E-state index contributed by atoms with van der Waals surface area (Å²) in [5.41, 5.74) is 3.63. The first kappa shape index (κ1) is 19.8. The number of hydrogen-bond donors (Lipinski definition) is 1. The predicted molar refractivity (Wildman–Crippen MR) is 114 cm³/mol. The predicted octanol–water partition coefficient (Wildman–Crippen LogP) is 3.31. The van der Waals surface area contributed by atoms with Crippen molar-refractivity contribution >= 4 is 11.8 Å². The van der Waals surface area contributed by atoms with Crippen LogP contribution in [-0.2, 0) is 11.3 Å². The molecular formula is C24H24N4O2. The van der Waals surface area contributed by atoms with Gasteiger partial charge in [-0.15, -0.1) is 0 Å². The molecule has 0 radical (unpaired) electrons. The van der Waals surface area contributed by atoms with Crippen LogP contribution in [-0.4, -0.2) is 39.8 Å². The van der Waals surface area contributed by atoms with Crippen LogP contribution in [0.4, 0.5) is 0 Å². The van der Waals surface area contributed by atoms with E-state index in [0.717, 1.165) is 16.7 Å². The molecule has 1 fully saturated rings. The van der Waals surface area contributed by atoms with Crippen LogP contribution in [0.1, 0.15) is 28.8 Å². The Morgan fingerprint density at radius 2 is 1.57 bits per heavy atom. The van der Waals surface area contributed by atoms with Gasteiger partial charge < -0.3 is 10.2 Å². The van der Waals surface area contributed by atoms with E-state index in [1.54, 1.807) is 12.4 Å². The monoisotopic (exact) mass is 400 g/mol. The Hall–Kier alpha value is -3.54. The van der Waals surface area contributed by atoms with Gasteiger partial charge in [0.1, 0.15) is 6.33 Å². The van der Waals surface area contributed by atoms with Gasteiger partial charge in [0.25, 0.3) is 5.91 Å². The first-order chi connectivity index (χ1) is 14.7. The van der Waals surface area contributed by atoms with E-state index < -0.39 is 0 Å². The highest BCUT2D eigenvalue weighted by Gasteiger charge is 2.27. The number of piperidine rings is 1. The second-order valence-corrected chi connectivity index (χ2v) is 7.47. The lowest BCUT2D eigenvalue weighted by atomic mass is 9.95. The van der Waals surface area contributed by atoms with E-state index in [0.29, 0.717) is 38.0 Å². The van der Waals surface area contributed by atoms with Crippen LogP contribution in [0.15, 0.2) is 73.3 Å². The van der Waals surface area contributed by atoms with Crippen molar-refractivity contribution in [2.24, 2.45) is 5.92 Å². The van der Waals surface area contributed by atoms with Crippen LogP contribution >= 0.6 is 0 Å². The van der Waals surface area contributed by atoms with Crippen molar-refractivity contribution in [1.82, 2.24) is 20.2 Å². The van der Waals surface area contributed by atoms with Crippen LogP contribution in [0.25, 0.3) is 11.1 Å². The molecule has 0 aliphatic carbocycles. The van der Waals surface area contributed by atoms with E-state index in [1.165, 1.54) is 6.33 Å². The fourth-order valence-corrected chi connectivity index (χ4v) is 3.71. The molecule has 1 saturated heterocycles. The number of nitrogens with zero attached hydrogens (tertiary/aromatic N) is 3. The van der Waals surface area contributed by atoms with Crippen molar-refractivity contribution < 1.29 is 9.59 Å². The van der Waals surface area contributed by atoms with Crippen LogP contribution < -0.4 is 5.32 Å². The van der Waals surface area contributed by atoms with Crippen molar-refractivity contribution in [3.8, 4) is 11.1 Å². The van der Waals surface area contributed by atoms with Gasteiger partial charge in [0.05, 0.1) is 0 Å². The van der Waals surface area contributed by atoms with Crippen molar-refractivity contribution in [3.63, 3.8) is 0 Å². The molecule has 2 amide bonds. The smallest absolute Gasteiger partial charge is 0.253 e. The zero-order valence-electron chi connectivity index (χ0n) is 16.7. The van der Waals surface area contributed by atoms with Gasteiger partial charge in [-0.2, -0.15) is 0 Å². The minimum absolute atomic E-state index is 0.00834. The van der Waals surface area contributed by atoms with Crippen molar-refractivity contribution in [2.75, 3.05) is 13.1 Å². The second-order valence-electron chi connectivity index (χ2n) is 7.47. The highest BCUT2D eigenvalue weighted by atomic mass is 16.2. The number of hydrogen-bond acceptors (Lipinski definition) is 4. The topological polar surface area (TPSA) is 75.2 Å². The van der Waals surface area contributed by atoms with Crippen molar-refractivity contribution in [3.05, 3.63) is 84.4 Å². The molecule has 0 unspecified atom stereocenters. The fourth-order valence-electron chi connectivity index (χ4n) is 3.71. The Morgan fingerprint density at radius 3 is 2.23 bits per heavy atom. The molecule has 1 aliphatic rings. The number of amides is 2. The van der Waals surface area contributed by atoms with Gasteiger partial charge >= 0.3 is 0 Å². The number of carbonyl (C=O) groups excluding carboxylic acids is 2. The van der Waals surface area contributed by atoms with Gasteiger partial charge in [0.2, 0.25) is 5.91 Å². The maximum Gasteiger partial charge on any atom is 0.253 e. The first-order valence-corrected chi connectivity index (χ1v) is 10.2. The molecular weight excluding hydrogens is 376 g/mol. The third kappa shape index (κ3) is 4.71. The normalized spacial score (nSPS) is 14.3. The van der Waals surface area contributed by atoms with E-state index >= 15 is 0 Å². The highest BCUT2D eigenvalue weighted by Crippen LogP contribution is 2.22. The summed E-state index contributed by atoms with van der Waals surface area (Å²) in [5.74, 6) is 0.0348. The summed E-state index contributed by atoms with van der Waals surface area (Å²) in [6, 6.07) is 17.4. The summed E-state index contributed by atoms with van der Waals surface area (Å²) in [5, 5.41) is 3.01. The fraction of sp³-hybridized carbons (Fsp3) is 0.250. The zero-order chi connectivity index (χ0) is 20.8. The summed E-state index contributed by atoms with van der Waals surface area (Å²) in [6.45, 7) is 1.73. The average molecular weight is 400 g/mol. The quantitative estimate of drug-likeness (QED) is 0.713. The van der Waals surface area contributed by atoms with Crippen LogP contribution in [0, 0.1) is 5.92 Å². The Kier molecular flexibility index (Phi) is 6.13. The molecule has 6 nitrogen and oxygen atoms in total. The number of benzene rings is 2. The van der Waals surface area contributed by atoms with Crippen LogP contribution in [0.3, 0.4) is 0 Å². The van der Waals surface area contributed by atoms with Crippen molar-refractivity contribution in [1.29, 1.82) is 0 Å². The molecule has 0 bridgehead atoms. The van der Waals surface area contributed by atoms with Gasteiger partial charge in [-0.05, 0) is 36.1 Å². The Labute approximate surface area is 176 Å². The number of rotatable bonds is 5. The Bertz CT molecular complexity index is 983. The largest absolute Gasteiger partial charge is 0.352 e. The summed E-state index contributed by atoms with van der Waals surface area (Å²) < 4.78 is 0. The Balaban J connectivity index is 1.29. The van der Waals surface area contributed by atoms with E-state index in [9.17, 15) is 9.59 Å². The summed E-state index contributed by atoms with van der Waals surface area (Å²) in [7, 11) is 0. The third-order valence-electron chi connectivity index (χ3n) is 5.49. The van der Waals surface area contributed by atoms with Crippen LogP contribution in [0.2, 0.25) is 0 Å². The number of aromatic nitrogens is 2. The molecule has 0 atom stereocenters. The lowest BCUT2D eigenvalue weighted by Crippen LogP contribution is -2.42. The summed E-state index contributed by atoms with van der Waals surface area (Å²) in [6.07, 6.45) is 6.36. The van der Waals surface area contributed by atoms with Gasteiger partial charge in [-0.1, -0.05) is 42.5 Å². The van der Waals surface area contributed by atoms with Gasteiger partial charge in [-0.25, -0.2) is 9.97 Å². The van der Waals surface area contributed by atoms with Crippen LogP contribution in [0.5, 0.6) is 0 Å². The highest BCUT2D eigenvalue weighted by molar-refractivity contribution is 5.95. The third-order valence-corrected chi connectivity index (χ3v) is 5.49. The average Bonchev–Trinajstić information content (AvgIpc) is 2.83. The van der Waals surface area contributed by atoms with Gasteiger partial charge in [0.15, 0.2) is 0 Å². The standard InChI is InChI=1S/C24H24N4O2/c29-23(27-14-18-4-2-1-3-5-18)20-10-12-28(13-11-20)24(30)21-8-6-19(7-9-21)22-15-25-17-26-16-22/h1-9,15-17,20H,10-14H2,(H,27,29). The molecule has 1 N–H and O–H groups in total. The van der Waals surface area contributed by atoms with Gasteiger partial charge in [-0.3, -0.25) is 9.59 Å². The molecule has 0 saturated carbocycles. The minimum Gasteiger partial charge on any atom is -0.352 e. The molecule has 2 heterocycles. The number of nitrogens with one attached hydrogen (secondary N) is 1. The van der Waals surface area contributed by atoms with Gasteiger partial charge in [0, 0.05) is 49.1 Å². The molecule has 1 aromatic heterocycles. The lowest BCUT2D eigenvalue weighted by molar-refractivity contribution is -0.126. The molecule has 4 rings (SSSR count). The van der Waals surface area contributed by atoms with E-state index in [1.807, 2.05) is 59.5 Å². The summed E-state index contributed by atoms with van der Waals surface area (Å²) in [4.78, 5) is 35.2. The molecule has 3 aromatic rings. The number of carbonyl (C=O) groups is 2. The molecule has 0 spiro atoms. The maximum absolute atomic E-state index is 12.8. The lowest BCUT2D eigenvalue weighted by Gasteiger charge is -2.31. The van der Waals surface area contributed by atoms with E-state index in [-0.39, 0.29) is 17.7 Å². The molecule has 2 aromatic carbocycles.